The standard InChI is InChI=1S/C21H28N2O3/c1-5-23(15-21(24)22-18-9-7-8-16(3)12-18)14-17-10-11-19(26-6-2)20(13-17)25-4/h7-13H,5-6,14-15H2,1-4H3,(H,22,24). The van der Waals surface area contributed by atoms with Gasteiger partial charge in [-0.15, -0.1) is 0 Å². The van der Waals surface area contributed by atoms with Crippen molar-refractivity contribution >= 4 is 11.6 Å². The lowest BCUT2D eigenvalue weighted by molar-refractivity contribution is -0.117. The Hall–Kier alpha value is -2.53. The lowest BCUT2D eigenvalue weighted by atomic mass is 10.2. The fourth-order valence-corrected chi connectivity index (χ4v) is 2.75. The highest BCUT2D eigenvalue weighted by Crippen LogP contribution is 2.28. The molecule has 0 aliphatic rings. The van der Waals surface area contributed by atoms with Crippen LogP contribution in [0.25, 0.3) is 0 Å². The van der Waals surface area contributed by atoms with Gasteiger partial charge in [0.25, 0.3) is 0 Å². The lowest BCUT2D eigenvalue weighted by Gasteiger charge is -2.21. The molecule has 0 radical (unpaired) electrons. The number of hydrogen-bond donors (Lipinski definition) is 1. The topological polar surface area (TPSA) is 50.8 Å². The van der Waals surface area contributed by atoms with E-state index in [9.17, 15) is 4.79 Å². The van der Waals surface area contributed by atoms with Gasteiger partial charge in [0.05, 0.1) is 20.3 Å². The summed E-state index contributed by atoms with van der Waals surface area (Å²) in [5.74, 6) is 1.43. The average Bonchev–Trinajstić information content (AvgIpc) is 2.62. The third kappa shape index (κ3) is 5.77. The van der Waals surface area contributed by atoms with Gasteiger partial charge in [-0.25, -0.2) is 0 Å². The van der Waals surface area contributed by atoms with E-state index in [1.165, 1.54) is 0 Å². The number of anilines is 1. The van der Waals surface area contributed by atoms with Crippen LogP contribution in [-0.4, -0.2) is 37.6 Å². The molecule has 0 spiro atoms. The maximum absolute atomic E-state index is 12.3. The number of aryl methyl sites for hydroxylation is 1. The number of rotatable bonds is 9. The molecule has 0 unspecified atom stereocenters. The summed E-state index contributed by atoms with van der Waals surface area (Å²) in [6.07, 6.45) is 0. The zero-order chi connectivity index (χ0) is 18.9. The minimum Gasteiger partial charge on any atom is -0.493 e. The lowest BCUT2D eigenvalue weighted by Crippen LogP contribution is -2.32. The van der Waals surface area contributed by atoms with Crippen molar-refractivity contribution in [2.45, 2.75) is 27.3 Å². The van der Waals surface area contributed by atoms with Crippen LogP contribution in [0.1, 0.15) is 25.0 Å². The number of hydrogen-bond acceptors (Lipinski definition) is 4. The van der Waals surface area contributed by atoms with E-state index < -0.39 is 0 Å². The van der Waals surface area contributed by atoms with Crippen LogP contribution >= 0.6 is 0 Å². The molecule has 1 N–H and O–H groups in total. The molecule has 0 atom stereocenters. The molecular weight excluding hydrogens is 328 g/mol. The predicted octanol–water partition coefficient (Wildman–Crippen LogP) is 3.86. The van der Waals surface area contributed by atoms with Crippen LogP contribution in [0.5, 0.6) is 11.5 Å². The molecule has 5 nitrogen and oxygen atoms in total. The average molecular weight is 356 g/mol. The van der Waals surface area contributed by atoms with Crippen LogP contribution < -0.4 is 14.8 Å². The number of ether oxygens (including phenoxy) is 2. The maximum Gasteiger partial charge on any atom is 0.238 e. The minimum absolute atomic E-state index is 0.0182. The molecule has 0 fully saturated rings. The Morgan fingerprint density at radius 1 is 1.12 bits per heavy atom. The molecule has 0 saturated heterocycles. The van der Waals surface area contributed by atoms with Gasteiger partial charge in [0.1, 0.15) is 0 Å². The Balaban J connectivity index is 1.99. The Labute approximate surface area is 155 Å². The van der Waals surface area contributed by atoms with Crippen LogP contribution in [0.15, 0.2) is 42.5 Å². The molecule has 2 aromatic carbocycles. The molecule has 0 aromatic heterocycles. The summed E-state index contributed by atoms with van der Waals surface area (Å²) in [4.78, 5) is 14.4. The molecule has 5 heteroatoms. The largest absolute Gasteiger partial charge is 0.493 e. The Kier molecular flexibility index (Phi) is 7.48. The van der Waals surface area contributed by atoms with Gasteiger partial charge in [-0.1, -0.05) is 25.1 Å². The summed E-state index contributed by atoms with van der Waals surface area (Å²) in [7, 11) is 1.63. The van der Waals surface area contributed by atoms with Crippen molar-refractivity contribution in [3.05, 3.63) is 53.6 Å². The summed E-state index contributed by atoms with van der Waals surface area (Å²) in [5.41, 5.74) is 3.03. The van der Waals surface area contributed by atoms with Crippen molar-refractivity contribution in [1.82, 2.24) is 4.90 Å². The van der Waals surface area contributed by atoms with Crippen molar-refractivity contribution in [2.24, 2.45) is 0 Å². The van der Waals surface area contributed by atoms with Crippen LogP contribution in [0.3, 0.4) is 0 Å². The number of benzene rings is 2. The second kappa shape index (κ2) is 9.82. The summed E-state index contributed by atoms with van der Waals surface area (Å²) < 4.78 is 11.0. The Morgan fingerprint density at radius 3 is 2.58 bits per heavy atom. The molecule has 0 bridgehead atoms. The Bertz CT molecular complexity index is 731. The fraction of sp³-hybridized carbons (Fsp3) is 0.381. The molecule has 0 aliphatic heterocycles. The highest BCUT2D eigenvalue weighted by Gasteiger charge is 2.12. The molecule has 2 aromatic rings. The monoisotopic (exact) mass is 356 g/mol. The SMILES string of the molecule is CCOc1ccc(CN(CC)CC(=O)Nc2cccc(C)c2)cc1OC. The first-order valence-electron chi connectivity index (χ1n) is 8.94. The first-order chi connectivity index (χ1) is 12.5. The fourth-order valence-electron chi connectivity index (χ4n) is 2.75. The van der Waals surface area contributed by atoms with E-state index in [1.54, 1.807) is 7.11 Å². The first kappa shape index (κ1) is 19.8. The number of carbonyl (C=O) groups is 1. The smallest absolute Gasteiger partial charge is 0.238 e. The highest BCUT2D eigenvalue weighted by molar-refractivity contribution is 5.92. The van der Waals surface area contributed by atoms with Gasteiger partial charge in [0, 0.05) is 12.2 Å². The van der Waals surface area contributed by atoms with E-state index in [4.69, 9.17) is 9.47 Å². The zero-order valence-corrected chi connectivity index (χ0v) is 16.0. The predicted molar refractivity (Wildman–Crippen MR) is 105 cm³/mol. The second-order valence-electron chi connectivity index (χ2n) is 6.14. The third-order valence-electron chi connectivity index (χ3n) is 4.05. The molecule has 26 heavy (non-hydrogen) atoms. The second-order valence-corrected chi connectivity index (χ2v) is 6.14. The van der Waals surface area contributed by atoms with Crippen LogP contribution in [0.2, 0.25) is 0 Å². The van der Waals surface area contributed by atoms with E-state index in [1.807, 2.05) is 63.2 Å². The van der Waals surface area contributed by atoms with Crippen LogP contribution in [0, 0.1) is 6.92 Å². The number of likely N-dealkylation sites (N-methyl/N-ethyl adjacent to an activating group) is 1. The number of amides is 1. The highest BCUT2D eigenvalue weighted by atomic mass is 16.5. The first-order valence-corrected chi connectivity index (χ1v) is 8.94. The summed E-state index contributed by atoms with van der Waals surface area (Å²) in [6, 6.07) is 13.7. The molecule has 2 rings (SSSR count). The van der Waals surface area contributed by atoms with E-state index >= 15 is 0 Å². The molecule has 140 valence electrons. The van der Waals surface area contributed by atoms with Crippen molar-refractivity contribution in [2.75, 3.05) is 32.1 Å². The molecule has 0 saturated carbocycles. The van der Waals surface area contributed by atoms with Crippen molar-refractivity contribution in [3.8, 4) is 11.5 Å². The zero-order valence-electron chi connectivity index (χ0n) is 16.0. The maximum atomic E-state index is 12.3. The van der Waals surface area contributed by atoms with Gasteiger partial charge in [-0.05, 0) is 55.8 Å². The van der Waals surface area contributed by atoms with Gasteiger partial charge in [0.15, 0.2) is 11.5 Å². The third-order valence-corrected chi connectivity index (χ3v) is 4.05. The van der Waals surface area contributed by atoms with Crippen LogP contribution in [0.4, 0.5) is 5.69 Å². The Morgan fingerprint density at radius 2 is 1.92 bits per heavy atom. The molecule has 0 heterocycles. The van der Waals surface area contributed by atoms with Gasteiger partial charge in [0.2, 0.25) is 5.91 Å². The summed E-state index contributed by atoms with van der Waals surface area (Å²) >= 11 is 0. The molecule has 0 aliphatic carbocycles. The number of nitrogens with zero attached hydrogens (tertiary/aromatic N) is 1. The van der Waals surface area contributed by atoms with Crippen LogP contribution in [-0.2, 0) is 11.3 Å². The minimum atomic E-state index is -0.0182. The van der Waals surface area contributed by atoms with Gasteiger partial charge < -0.3 is 14.8 Å². The summed E-state index contributed by atoms with van der Waals surface area (Å²) in [6.45, 7) is 8.37. The van der Waals surface area contributed by atoms with Crippen molar-refractivity contribution in [1.29, 1.82) is 0 Å². The van der Waals surface area contributed by atoms with E-state index in [0.717, 1.165) is 29.1 Å². The summed E-state index contributed by atoms with van der Waals surface area (Å²) in [5, 5.41) is 2.96. The van der Waals surface area contributed by atoms with E-state index in [0.29, 0.717) is 25.4 Å². The molecular formula is C21H28N2O3. The van der Waals surface area contributed by atoms with Gasteiger partial charge in [-0.2, -0.15) is 0 Å². The van der Waals surface area contributed by atoms with Crippen molar-refractivity contribution < 1.29 is 14.3 Å². The van der Waals surface area contributed by atoms with E-state index in [2.05, 4.69) is 10.2 Å². The van der Waals surface area contributed by atoms with Gasteiger partial charge in [-0.3, -0.25) is 9.69 Å². The number of nitrogens with one attached hydrogen (secondary N) is 1. The van der Waals surface area contributed by atoms with E-state index in [-0.39, 0.29) is 5.91 Å². The number of methoxy groups -OCH3 is 1. The normalized spacial score (nSPS) is 10.7. The molecule has 1 amide bonds. The van der Waals surface area contributed by atoms with Gasteiger partial charge >= 0.3 is 0 Å². The number of carbonyl (C=O) groups excluding carboxylic acids is 1. The quantitative estimate of drug-likeness (QED) is 0.741. The van der Waals surface area contributed by atoms with Crippen molar-refractivity contribution in [3.63, 3.8) is 0 Å².